The topological polar surface area (TPSA) is 86.2 Å². The number of hydrogen-bond acceptors (Lipinski definition) is 4. The van der Waals surface area contributed by atoms with Gasteiger partial charge in [0.1, 0.15) is 12.6 Å². The molecule has 4 N–H and O–H groups in total. The summed E-state index contributed by atoms with van der Waals surface area (Å²) < 4.78 is 0. The van der Waals surface area contributed by atoms with Crippen molar-refractivity contribution in [3.05, 3.63) is 71.8 Å². The van der Waals surface area contributed by atoms with Crippen LogP contribution in [0.2, 0.25) is 0 Å². The molecule has 0 aliphatic carbocycles. The Morgan fingerprint density at radius 2 is 1.00 bits per heavy atom. The maximum atomic E-state index is 10.2. The van der Waals surface area contributed by atoms with Crippen LogP contribution >= 0.6 is 0 Å². The number of hydrogen-bond donors (Lipinski definition) is 2. The smallest absolute Gasteiger partial charge is 0.137 e. The molecule has 0 aromatic heterocycles. The highest BCUT2D eigenvalue weighted by Gasteiger charge is 2.00. The molecule has 2 aromatic carbocycles. The SMILES string of the molecule is N[C@H](C=O)Cc1ccccc1.N[C@H](C=O)Cc1ccccc1. The standard InChI is InChI=1S/2C9H11NO/c2*10-9(7-11)6-8-4-2-1-3-5-8/h2*1-5,7,9H,6,10H2/t2*9-/m00/s1. The van der Waals surface area contributed by atoms with Crippen LogP contribution in [0.15, 0.2) is 60.7 Å². The molecule has 22 heavy (non-hydrogen) atoms. The Balaban J connectivity index is 0.000000220. The molecule has 0 bridgehead atoms. The van der Waals surface area contributed by atoms with E-state index in [1.54, 1.807) is 0 Å². The summed E-state index contributed by atoms with van der Waals surface area (Å²) in [5.41, 5.74) is 13.1. The molecular weight excluding hydrogens is 276 g/mol. The molecule has 0 saturated carbocycles. The molecule has 0 heterocycles. The second-order valence-electron chi connectivity index (χ2n) is 4.98. The minimum atomic E-state index is -0.364. The maximum Gasteiger partial charge on any atom is 0.137 e. The van der Waals surface area contributed by atoms with E-state index in [0.29, 0.717) is 12.8 Å². The molecular formula is C18H22N2O2. The molecule has 0 aliphatic heterocycles. The van der Waals surface area contributed by atoms with Gasteiger partial charge >= 0.3 is 0 Å². The van der Waals surface area contributed by atoms with Gasteiger partial charge in [-0.05, 0) is 24.0 Å². The lowest BCUT2D eigenvalue weighted by atomic mass is 10.1. The summed E-state index contributed by atoms with van der Waals surface area (Å²) in [7, 11) is 0. The zero-order chi connectivity index (χ0) is 16.2. The van der Waals surface area contributed by atoms with E-state index in [1.165, 1.54) is 0 Å². The fourth-order valence-electron chi connectivity index (χ4n) is 1.87. The molecule has 0 spiro atoms. The highest BCUT2D eigenvalue weighted by molar-refractivity contribution is 5.58. The van der Waals surface area contributed by atoms with Crippen molar-refractivity contribution in [2.75, 3.05) is 0 Å². The number of aldehydes is 2. The zero-order valence-corrected chi connectivity index (χ0v) is 12.5. The zero-order valence-electron chi connectivity index (χ0n) is 12.5. The second-order valence-corrected chi connectivity index (χ2v) is 4.98. The number of carbonyl (C=O) groups excluding carboxylic acids is 2. The minimum absolute atomic E-state index is 0.364. The average molecular weight is 298 g/mol. The lowest BCUT2D eigenvalue weighted by Crippen LogP contribution is -2.23. The van der Waals surface area contributed by atoms with Gasteiger partial charge < -0.3 is 21.1 Å². The lowest BCUT2D eigenvalue weighted by molar-refractivity contribution is -0.109. The van der Waals surface area contributed by atoms with Crippen LogP contribution < -0.4 is 11.5 Å². The Kier molecular flexibility index (Phi) is 8.42. The quantitative estimate of drug-likeness (QED) is 0.792. The minimum Gasteiger partial charge on any atom is -0.321 e. The van der Waals surface area contributed by atoms with Gasteiger partial charge in [0, 0.05) is 0 Å². The van der Waals surface area contributed by atoms with Crippen molar-refractivity contribution in [2.45, 2.75) is 24.9 Å². The van der Waals surface area contributed by atoms with Crippen molar-refractivity contribution in [1.29, 1.82) is 0 Å². The van der Waals surface area contributed by atoms with E-state index in [9.17, 15) is 9.59 Å². The molecule has 2 rings (SSSR count). The molecule has 0 saturated heterocycles. The average Bonchev–Trinajstić information content (AvgIpc) is 2.57. The van der Waals surface area contributed by atoms with Crippen LogP contribution in [0.3, 0.4) is 0 Å². The van der Waals surface area contributed by atoms with E-state index in [1.807, 2.05) is 60.7 Å². The largest absolute Gasteiger partial charge is 0.321 e. The molecule has 116 valence electrons. The normalized spacial score (nSPS) is 12.5. The summed E-state index contributed by atoms with van der Waals surface area (Å²) in [5, 5.41) is 0. The fraction of sp³-hybridized carbons (Fsp3) is 0.222. The van der Waals surface area contributed by atoms with Gasteiger partial charge in [0.2, 0.25) is 0 Å². The van der Waals surface area contributed by atoms with Crippen LogP contribution in [0.4, 0.5) is 0 Å². The van der Waals surface area contributed by atoms with Gasteiger partial charge in [-0.3, -0.25) is 0 Å². The third kappa shape index (κ3) is 7.47. The van der Waals surface area contributed by atoms with Crippen LogP contribution in [0.25, 0.3) is 0 Å². The third-order valence-corrected chi connectivity index (χ3v) is 2.98. The molecule has 4 nitrogen and oxygen atoms in total. The summed E-state index contributed by atoms with van der Waals surface area (Å²) in [6.45, 7) is 0. The van der Waals surface area contributed by atoms with Crippen molar-refractivity contribution < 1.29 is 9.59 Å². The van der Waals surface area contributed by atoms with Crippen LogP contribution in [-0.4, -0.2) is 24.7 Å². The highest BCUT2D eigenvalue weighted by Crippen LogP contribution is 2.00. The van der Waals surface area contributed by atoms with E-state index >= 15 is 0 Å². The summed E-state index contributed by atoms with van der Waals surface area (Å²) in [5.74, 6) is 0. The predicted octanol–water partition coefficient (Wildman–Crippen LogP) is 1.51. The first kappa shape index (κ1) is 17.8. The Hall–Kier alpha value is -2.30. The van der Waals surface area contributed by atoms with Gasteiger partial charge in [0.25, 0.3) is 0 Å². The van der Waals surface area contributed by atoms with Gasteiger partial charge in [-0.25, -0.2) is 0 Å². The van der Waals surface area contributed by atoms with Crippen LogP contribution in [0.1, 0.15) is 11.1 Å². The first-order chi connectivity index (χ1) is 10.7. The summed E-state index contributed by atoms with van der Waals surface area (Å²) in [4.78, 5) is 20.4. The molecule has 0 unspecified atom stereocenters. The van der Waals surface area contributed by atoms with Crippen LogP contribution in [0.5, 0.6) is 0 Å². The summed E-state index contributed by atoms with van der Waals surface area (Å²) >= 11 is 0. The fourth-order valence-corrected chi connectivity index (χ4v) is 1.87. The number of rotatable bonds is 6. The van der Waals surface area contributed by atoms with Crippen molar-refractivity contribution >= 4 is 12.6 Å². The predicted molar refractivity (Wildman–Crippen MR) is 88.4 cm³/mol. The maximum absolute atomic E-state index is 10.2. The first-order valence-corrected chi connectivity index (χ1v) is 7.15. The summed E-state index contributed by atoms with van der Waals surface area (Å²) in [6.07, 6.45) is 2.80. The lowest BCUT2D eigenvalue weighted by Gasteiger charge is -2.02. The van der Waals surface area contributed by atoms with E-state index in [-0.39, 0.29) is 12.1 Å². The first-order valence-electron chi connectivity index (χ1n) is 7.15. The van der Waals surface area contributed by atoms with Gasteiger partial charge in [0.05, 0.1) is 12.1 Å². The molecule has 0 fully saturated rings. The van der Waals surface area contributed by atoms with Crippen LogP contribution in [-0.2, 0) is 22.4 Å². The molecule has 2 atom stereocenters. The van der Waals surface area contributed by atoms with Gasteiger partial charge in [-0.2, -0.15) is 0 Å². The molecule has 0 amide bonds. The third-order valence-electron chi connectivity index (χ3n) is 2.98. The number of nitrogens with two attached hydrogens (primary N) is 2. The second kappa shape index (κ2) is 10.4. The monoisotopic (exact) mass is 298 g/mol. The van der Waals surface area contributed by atoms with E-state index < -0.39 is 0 Å². The highest BCUT2D eigenvalue weighted by atomic mass is 16.1. The van der Waals surface area contributed by atoms with Crippen molar-refractivity contribution in [2.24, 2.45) is 11.5 Å². The Morgan fingerprint density at radius 1 is 0.682 bits per heavy atom. The Bertz CT molecular complexity index is 492. The molecule has 0 aliphatic rings. The summed E-state index contributed by atoms with van der Waals surface area (Å²) in [6, 6.07) is 18.7. The van der Waals surface area contributed by atoms with Gasteiger partial charge in [0.15, 0.2) is 0 Å². The Labute approximate surface area is 131 Å². The van der Waals surface area contributed by atoms with E-state index in [2.05, 4.69) is 0 Å². The van der Waals surface area contributed by atoms with Crippen molar-refractivity contribution in [1.82, 2.24) is 0 Å². The number of benzene rings is 2. The Morgan fingerprint density at radius 3 is 1.27 bits per heavy atom. The molecule has 2 aromatic rings. The van der Waals surface area contributed by atoms with E-state index in [0.717, 1.165) is 23.7 Å². The van der Waals surface area contributed by atoms with Crippen LogP contribution in [0, 0.1) is 0 Å². The number of carbonyl (C=O) groups is 2. The van der Waals surface area contributed by atoms with Gasteiger partial charge in [-0.1, -0.05) is 60.7 Å². The van der Waals surface area contributed by atoms with Crippen molar-refractivity contribution in [3.63, 3.8) is 0 Å². The molecule has 0 radical (unpaired) electrons. The van der Waals surface area contributed by atoms with Crippen molar-refractivity contribution in [3.8, 4) is 0 Å². The van der Waals surface area contributed by atoms with E-state index in [4.69, 9.17) is 11.5 Å². The van der Waals surface area contributed by atoms with Gasteiger partial charge in [-0.15, -0.1) is 0 Å². The molecule has 4 heteroatoms.